The topological polar surface area (TPSA) is 80.3 Å². The van der Waals surface area contributed by atoms with Crippen LogP contribution in [0, 0.1) is 0 Å². The fraction of sp³-hybridized carbons (Fsp3) is 0.250. The SMILES string of the molecule is CCOc1ccc2nc(NC(=O)CC(NC(C)=O)c3ccc(Cl)cc3)sc2c1. The molecule has 0 aliphatic rings. The van der Waals surface area contributed by atoms with E-state index in [1.165, 1.54) is 18.3 Å². The Morgan fingerprint density at radius 3 is 2.64 bits per heavy atom. The highest BCUT2D eigenvalue weighted by molar-refractivity contribution is 7.22. The first-order chi connectivity index (χ1) is 13.4. The van der Waals surface area contributed by atoms with Crippen LogP contribution in [0.5, 0.6) is 5.75 Å². The third-order valence-electron chi connectivity index (χ3n) is 3.96. The average molecular weight is 418 g/mol. The van der Waals surface area contributed by atoms with E-state index in [0.29, 0.717) is 16.8 Å². The van der Waals surface area contributed by atoms with Crippen molar-refractivity contribution in [3.63, 3.8) is 0 Å². The molecule has 0 spiro atoms. The molecule has 146 valence electrons. The van der Waals surface area contributed by atoms with Gasteiger partial charge in [0.1, 0.15) is 5.75 Å². The minimum atomic E-state index is -0.450. The molecule has 3 rings (SSSR count). The summed E-state index contributed by atoms with van der Waals surface area (Å²) in [6, 6.07) is 12.2. The number of nitrogens with zero attached hydrogens (tertiary/aromatic N) is 1. The number of carbonyl (C=O) groups is 2. The third kappa shape index (κ3) is 5.21. The highest BCUT2D eigenvalue weighted by Gasteiger charge is 2.18. The average Bonchev–Trinajstić information content (AvgIpc) is 3.03. The molecular weight excluding hydrogens is 398 g/mol. The molecule has 1 aromatic heterocycles. The number of hydrogen-bond acceptors (Lipinski definition) is 5. The molecule has 0 saturated heterocycles. The van der Waals surface area contributed by atoms with E-state index in [0.717, 1.165) is 21.5 Å². The van der Waals surface area contributed by atoms with Gasteiger partial charge >= 0.3 is 0 Å². The zero-order valence-electron chi connectivity index (χ0n) is 15.5. The maximum absolute atomic E-state index is 12.5. The molecule has 0 aliphatic heterocycles. The molecule has 0 aliphatic carbocycles. The number of aromatic nitrogens is 1. The molecule has 2 N–H and O–H groups in total. The van der Waals surface area contributed by atoms with Gasteiger partial charge in [0.15, 0.2) is 5.13 Å². The van der Waals surface area contributed by atoms with Crippen LogP contribution in [0.3, 0.4) is 0 Å². The van der Waals surface area contributed by atoms with Gasteiger partial charge in [-0.05, 0) is 42.8 Å². The maximum atomic E-state index is 12.5. The van der Waals surface area contributed by atoms with Crippen molar-refractivity contribution in [2.24, 2.45) is 0 Å². The standard InChI is InChI=1S/C20H20ClN3O3S/c1-3-27-15-8-9-16-18(10-15)28-20(23-16)24-19(26)11-17(22-12(2)25)13-4-6-14(21)7-5-13/h4-10,17H,3,11H2,1-2H3,(H,22,25)(H,23,24,26). The predicted octanol–water partition coefficient (Wildman–Crippen LogP) is 4.55. The lowest BCUT2D eigenvalue weighted by Gasteiger charge is -2.17. The van der Waals surface area contributed by atoms with Crippen LogP contribution in [0.4, 0.5) is 5.13 Å². The first-order valence-corrected chi connectivity index (χ1v) is 10.00. The molecule has 0 radical (unpaired) electrons. The van der Waals surface area contributed by atoms with Crippen LogP contribution in [0.15, 0.2) is 42.5 Å². The highest BCUT2D eigenvalue weighted by atomic mass is 35.5. The summed E-state index contributed by atoms with van der Waals surface area (Å²) >= 11 is 7.30. The van der Waals surface area contributed by atoms with Crippen LogP contribution < -0.4 is 15.4 Å². The molecular formula is C20H20ClN3O3S. The Hall–Kier alpha value is -2.64. The van der Waals surface area contributed by atoms with Gasteiger partial charge in [0, 0.05) is 11.9 Å². The second-order valence-corrected chi connectivity index (χ2v) is 7.61. The molecule has 0 bridgehead atoms. The molecule has 6 nitrogen and oxygen atoms in total. The number of thiazole rings is 1. The number of carbonyl (C=O) groups excluding carboxylic acids is 2. The molecule has 0 saturated carbocycles. The number of halogens is 1. The zero-order chi connectivity index (χ0) is 20.1. The first kappa shape index (κ1) is 20.1. The summed E-state index contributed by atoms with van der Waals surface area (Å²) in [4.78, 5) is 28.5. The van der Waals surface area contributed by atoms with Crippen LogP contribution in [0.2, 0.25) is 5.02 Å². The number of nitrogens with one attached hydrogen (secondary N) is 2. The van der Waals surface area contributed by atoms with Gasteiger partial charge in [0.05, 0.1) is 29.3 Å². The van der Waals surface area contributed by atoms with Crippen LogP contribution in [-0.4, -0.2) is 23.4 Å². The Kier molecular flexibility index (Phi) is 6.49. The summed E-state index contributed by atoms with van der Waals surface area (Å²) in [7, 11) is 0. The number of anilines is 1. The predicted molar refractivity (Wildman–Crippen MR) is 112 cm³/mol. The van der Waals surface area contributed by atoms with Gasteiger partial charge in [-0.3, -0.25) is 9.59 Å². The summed E-state index contributed by atoms with van der Waals surface area (Å²) in [6.45, 7) is 3.93. The van der Waals surface area contributed by atoms with Crippen LogP contribution in [0.1, 0.15) is 31.9 Å². The molecule has 1 atom stereocenters. The van der Waals surface area contributed by atoms with Gasteiger partial charge < -0.3 is 15.4 Å². The number of hydrogen-bond donors (Lipinski definition) is 2. The summed E-state index contributed by atoms with van der Waals surface area (Å²) in [5.74, 6) is 0.318. The van der Waals surface area contributed by atoms with E-state index < -0.39 is 6.04 Å². The van der Waals surface area contributed by atoms with Crippen molar-refractivity contribution < 1.29 is 14.3 Å². The summed E-state index contributed by atoms with van der Waals surface area (Å²) in [5, 5.41) is 6.72. The van der Waals surface area contributed by atoms with Crippen molar-refractivity contribution in [3.05, 3.63) is 53.1 Å². The molecule has 28 heavy (non-hydrogen) atoms. The number of fused-ring (bicyclic) bond motifs is 1. The normalized spacial score (nSPS) is 11.8. The molecule has 3 aromatic rings. The van der Waals surface area contributed by atoms with Gasteiger partial charge in [-0.2, -0.15) is 0 Å². The molecule has 0 fully saturated rings. The van der Waals surface area contributed by atoms with Crippen LogP contribution in [-0.2, 0) is 9.59 Å². The van der Waals surface area contributed by atoms with Gasteiger partial charge in [-0.15, -0.1) is 0 Å². The van der Waals surface area contributed by atoms with Gasteiger partial charge in [0.25, 0.3) is 0 Å². The van der Waals surface area contributed by atoms with Crippen molar-refractivity contribution in [1.82, 2.24) is 10.3 Å². The lowest BCUT2D eigenvalue weighted by atomic mass is 10.0. The smallest absolute Gasteiger partial charge is 0.228 e. The van der Waals surface area contributed by atoms with E-state index in [4.69, 9.17) is 16.3 Å². The molecule has 2 aromatic carbocycles. The van der Waals surface area contributed by atoms with Crippen molar-refractivity contribution in [2.45, 2.75) is 26.3 Å². The number of benzene rings is 2. The molecule has 8 heteroatoms. The van der Waals surface area contributed by atoms with Crippen LogP contribution in [0.25, 0.3) is 10.2 Å². The lowest BCUT2D eigenvalue weighted by Crippen LogP contribution is -2.29. The van der Waals surface area contributed by atoms with Gasteiger partial charge in [0.2, 0.25) is 11.8 Å². The van der Waals surface area contributed by atoms with Crippen molar-refractivity contribution in [1.29, 1.82) is 0 Å². The van der Waals surface area contributed by atoms with E-state index >= 15 is 0 Å². The summed E-state index contributed by atoms with van der Waals surface area (Å²) < 4.78 is 6.42. The Morgan fingerprint density at radius 1 is 1.21 bits per heavy atom. The largest absolute Gasteiger partial charge is 0.494 e. The Bertz CT molecular complexity index is 988. The monoisotopic (exact) mass is 417 g/mol. The van der Waals surface area contributed by atoms with E-state index in [-0.39, 0.29) is 18.2 Å². The summed E-state index contributed by atoms with van der Waals surface area (Å²) in [6.07, 6.45) is 0.0847. The van der Waals surface area contributed by atoms with Gasteiger partial charge in [-0.25, -0.2) is 4.98 Å². The van der Waals surface area contributed by atoms with Crippen molar-refractivity contribution >= 4 is 50.1 Å². The number of rotatable bonds is 7. The lowest BCUT2D eigenvalue weighted by molar-refractivity contribution is -0.120. The van der Waals surface area contributed by atoms with Crippen molar-refractivity contribution in [3.8, 4) is 5.75 Å². The minimum absolute atomic E-state index is 0.0847. The molecule has 1 heterocycles. The molecule has 1 unspecified atom stereocenters. The maximum Gasteiger partial charge on any atom is 0.228 e. The van der Waals surface area contributed by atoms with Crippen LogP contribution >= 0.6 is 22.9 Å². The first-order valence-electron chi connectivity index (χ1n) is 8.80. The van der Waals surface area contributed by atoms with E-state index in [1.54, 1.807) is 24.3 Å². The van der Waals surface area contributed by atoms with E-state index in [2.05, 4.69) is 15.6 Å². The number of amides is 2. The second kappa shape index (κ2) is 9.03. The fourth-order valence-corrected chi connectivity index (χ4v) is 3.80. The third-order valence-corrected chi connectivity index (χ3v) is 5.14. The Labute approximate surface area is 171 Å². The van der Waals surface area contributed by atoms with Crippen molar-refractivity contribution in [2.75, 3.05) is 11.9 Å². The minimum Gasteiger partial charge on any atom is -0.494 e. The molecule has 2 amide bonds. The zero-order valence-corrected chi connectivity index (χ0v) is 17.1. The Morgan fingerprint density at radius 2 is 1.96 bits per heavy atom. The highest BCUT2D eigenvalue weighted by Crippen LogP contribution is 2.30. The van der Waals surface area contributed by atoms with E-state index in [9.17, 15) is 9.59 Å². The number of ether oxygens (including phenoxy) is 1. The second-order valence-electron chi connectivity index (χ2n) is 6.14. The summed E-state index contributed by atoms with van der Waals surface area (Å²) in [5.41, 5.74) is 1.60. The fourth-order valence-electron chi connectivity index (χ4n) is 2.76. The Balaban J connectivity index is 1.72. The van der Waals surface area contributed by atoms with Gasteiger partial charge in [-0.1, -0.05) is 35.1 Å². The van der Waals surface area contributed by atoms with E-state index in [1.807, 2.05) is 25.1 Å². The quantitative estimate of drug-likeness (QED) is 0.590.